The molecule has 0 aliphatic rings. The topological polar surface area (TPSA) is 108 Å². The molecule has 106 valence electrons. The summed E-state index contributed by atoms with van der Waals surface area (Å²) in [7, 11) is 0. The summed E-state index contributed by atoms with van der Waals surface area (Å²) in [5, 5.41) is 20.2. The highest BCUT2D eigenvalue weighted by molar-refractivity contribution is 5.43. The second-order valence-corrected chi connectivity index (χ2v) is 3.88. The molecule has 0 spiro atoms. The molecular formula is C12H18N2O5. The number of nitrogens with zero attached hydrogens (tertiary/aromatic N) is 1. The summed E-state index contributed by atoms with van der Waals surface area (Å²) >= 11 is 0. The number of ether oxygens (including phenoxy) is 2. The largest absolute Gasteiger partial charge is 0.490 e. The maximum Gasteiger partial charge on any atom is 0.270 e. The van der Waals surface area contributed by atoms with Gasteiger partial charge in [0.2, 0.25) is 0 Å². The first-order valence-corrected chi connectivity index (χ1v) is 5.94. The number of non-ortho nitro benzene ring substituents is 1. The fourth-order valence-corrected chi connectivity index (χ4v) is 1.47. The lowest BCUT2D eigenvalue weighted by atomic mass is 10.2. The Hall–Kier alpha value is -1.70. The SMILES string of the molecule is CCOCC(O)COc1ccc([N+](=O)[O-])cc1CN. The fourth-order valence-electron chi connectivity index (χ4n) is 1.47. The molecule has 1 aromatic rings. The molecular weight excluding hydrogens is 252 g/mol. The van der Waals surface area contributed by atoms with Gasteiger partial charge in [-0.3, -0.25) is 10.1 Å². The first-order valence-electron chi connectivity index (χ1n) is 5.94. The first kappa shape index (κ1) is 15.4. The monoisotopic (exact) mass is 270 g/mol. The highest BCUT2D eigenvalue weighted by atomic mass is 16.6. The molecule has 0 aliphatic carbocycles. The summed E-state index contributed by atoms with van der Waals surface area (Å²) < 4.78 is 10.4. The van der Waals surface area contributed by atoms with Crippen molar-refractivity contribution in [3.8, 4) is 5.75 Å². The van der Waals surface area contributed by atoms with Crippen molar-refractivity contribution in [3.05, 3.63) is 33.9 Å². The summed E-state index contributed by atoms with van der Waals surface area (Å²) in [6, 6.07) is 4.18. The van der Waals surface area contributed by atoms with Gasteiger partial charge in [-0.1, -0.05) is 0 Å². The van der Waals surface area contributed by atoms with Crippen LogP contribution in [-0.2, 0) is 11.3 Å². The lowest BCUT2D eigenvalue weighted by Gasteiger charge is -2.14. The summed E-state index contributed by atoms with van der Waals surface area (Å²) in [6.07, 6.45) is -0.749. The Kier molecular flexibility index (Phi) is 6.20. The Morgan fingerprint density at radius 2 is 2.21 bits per heavy atom. The maximum absolute atomic E-state index is 10.6. The number of benzene rings is 1. The number of hydrogen-bond donors (Lipinski definition) is 2. The zero-order valence-electron chi connectivity index (χ0n) is 10.7. The smallest absolute Gasteiger partial charge is 0.270 e. The van der Waals surface area contributed by atoms with E-state index in [4.69, 9.17) is 15.2 Å². The number of rotatable bonds is 8. The van der Waals surface area contributed by atoms with Gasteiger partial charge in [-0.05, 0) is 13.0 Å². The summed E-state index contributed by atoms with van der Waals surface area (Å²) in [4.78, 5) is 10.1. The normalized spacial score (nSPS) is 12.2. The van der Waals surface area contributed by atoms with Crippen LogP contribution in [-0.4, -0.2) is 36.0 Å². The van der Waals surface area contributed by atoms with Gasteiger partial charge in [-0.25, -0.2) is 0 Å². The summed E-state index contributed by atoms with van der Waals surface area (Å²) in [5.41, 5.74) is 6.00. The molecule has 0 radical (unpaired) electrons. The van der Waals surface area contributed by atoms with Gasteiger partial charge in [0.25, 0.3) is 5.69 Å². The van der Waals surface area contributed by atoms with E-state index in [0.29, 0.717) is 17.9 Å². The van der Waals surface area contributed by atoms with Crippen LogP contribution in [0, 0.1) is 10.1 Å². The molecule has 3 N–H and O–H groups in total. The Labute approximate surface area is 111 Å². The van der Waals surface area contributed by atoms with Gasteiger partial charge in [0.15, 0.2) is 0 Å². The van der Waals surface area contributed by atoms with E-state index in [1.807, 2.05) is 6.92 Å². The fraction of sp³-hybridized carbons (Fsp3) is 0.500. The lowest BCUT2D eigenvalue weighted by molar-refractivity contribution is -0.384. The first-order chi connectivity index (χ1) is 9.08. The van der Waals surface area contributed by atoms with Gasteiger partial charge >= 0.3 is 0 Å². The molecule has 0 fully saturated rings. The van der Waals surface area contributed by atoms with Gasteiger partial charge in [0, 0.05) is 30.8 Å². The number of aliphatic hydroxyl groups excluding tert-OH is 1. The third-order valence-corrected chi connectivity index (χ3v) is 2.42. The molecule has 0 amide bonds. The minimum absolute atomic E-state index is 0.0392. The molecule has 0 bridgehead atoms. The number of hydrogen-bond acceptors (Lipinski definition) is 6. The van der Waals surface area contributed by atoms with Crippen molar-refractivity contribution in [2.45, 2.75) is 19.6 Å². The van der Waals surface area contributed by atoms with E-state index in [1.165, 1.54) is 18.2 Å². The molecule has 1 atom stereocenters. The molecule has 7 nitrogen and oxygen atoms in total. The van der Waals surface area contributed by atoms with Crippen LogP contribution >= 0.6 is 0 Å². The van der Waals surface area contributed by atoms with E-state index in [-0.39, 0.29) is 25.4 Å². The van der Waals surface area contributed by atoms with Crippen LogP contribution < -0.4 is 10.5 Å². The quantitative estimate of drug-likeness (QED) is 0.535. The third-order valence-electron chi connectivity index (χ3n) is 2.42. The van der Waals surface area contributed by atoms with Gasteiger partial charge < -0.3 is 20.3 Å². The Morgan fingerprint density at radius 3 is 2.79 bits per heavy atom. The van der Waals surface area contributed by atoms with Crippen LogP contribution in [0.4, 0.5) is 5.69 Å². The van der Waals surface area contributed by atoms with E-state index in [0.717, 1.165) is 0 Å². The second kappa shape index (κ2) is 7.67. The Bertz CT molecular complexity index is 425. The van der Waals surface area contributed by atoms with Crippen LogP contribution in [0.3, 0.4) is 0 Å². The van der Waals surface area contributed by atoms with E-state index in [2.05, 4.69) is 0 Å². The summed E-state index contributed by atoms with van der Waals surface area (Å²) in [5.74, 6) is 0.434. The number of aliphatic hydroxyl groups is 1. The van der Waals surface area contributed by atoms with Crippen LogP contribution in [0.15, 0.2) is 18.2 Å². The lowest BCUT2D eigenvalue weighted by Crippen LogP contribution is -2.23. The third kappa shape index (κ3) is 4.82. The predicted octanol–water partition coefficient (Wildman–Crippen LogP) is 0.830. The predicted molar refractivity (Wildman–Crippen MR) is 69.0 cm³/mol. The van der Waals surface area contributed by atoms with Crippen molar-refractivity contribution in [1.82, 2.24) is 0 Å². The van der Waals surface area contributed by atoms with E-state index >= 15 is 0 Å². The molecule has 1 unspecified atom stereocenters. The Morgan fingerprint density at radius 1 is 1.47 bits per heavy atom. The van der Waals surface area contributed by atoms with Crippen molar-refractivity contribution in [3.63, 3.8) is 0 Å². The van der Waals surface area contributed by atoms with E-state index < -0.39 is 11.0 Å². The van der Waals surface area contributed by atoms with Crippen molar-refractivity contribution >= 4 is 5.69 Å². The van der Waals surface area contributed by atoms with Crippen molar-refractivity contribution < 1.29 is 19.5 Å². The van der Waals surface area contributed by atoms with Crippen LogP contribution in [0.5, 0.6) is 5.75 Å². The van der Waals surface area contributed by atoms with Crippen LogP contribution in [0.25, 0.3) is 0 Å². The zero-order chi connectivity index (χ0) is 14.3. The second-order valence-electron chi connectivity index (χ2n) is 3.88. The average molecular weight is 270 g/mol. The molecule has 0 aliphatic heterocycles. The average Bonchev–Trinajstić information content (AvgIpc) is 2.42. The van der Waals surface area contributed by atoms with Gasteiger partial charge in [0.1, 0.15) is 18.5 Å². The van der Waals surface area contributed by atoms with Crippen molar-refractivity contribution in [1.29, 1.82) is 0 Å². The summed E-state index contributed by atoms with van der Waals surface area (Å²) in [6.45, 7) is 2.70. The maximum atomic E-state index is 10.6. The van der Waals surface area contributed by atoms with Crippen LogP contribution in [0.1, 0.15) is 12.5 Å². The van der Waals surface area contributed by atoms with Gasteiger partial charge in [-0.2, -0.15) is 0 Å². The highest BCUT2D eigenvalue weighted by Gasteiger charge is 2.12. The molecule has 19 heavy (non-hydrogen) atoms. The molecule has 0 saturated heterocycles. The Balaban J connectivity index is 2.65. The molecule has 1 aromatic carbocycles. The molecule has 7 heteroatoms. The molecule has 0 heterocycles. The molecule has 0 aromatic heterocycles. The minimum Gasteiger partial charge on any atom is -0.490 e. The van der Waals surface area contributed by atoms with Crippen LogP contribution in [0.2, 0.25) is 0 Å². The van der Waals surface area contributed by atoms with Gasteiger partial charge in [0.05, 0.1) is 11.5 Å². The molecule has 0 saturated carbocycles. The molecule has 1 rings (SSSR count). The van der Waals surface area contributed by atoms with Gasteiger partial charge in [-0.15, -0.1) is 0 Å². The number of nitro benzene ring substituents is 1. The number of nitrogens with two attached hydrogens (primary N) is 1. The number of nitro groups is 1. The van der Waals surface area contributed by atoms with E-state index in [1.54, 1.807) is 0 Å². The van der Waals surface area contributed by atoms with Crippen molar-refractivity contribution in [2.24, 2.45) is 5.73 Å². The highest BCUT2D eigenvalue weighted by Crippen LogP contribution is 2.23. The van der Waals surface area contributed by atoms with Crippen molar-refractivity contribution in [2.75, 3.05) is 19.8 Å². The minimum atomic E-state index is -0.749. The standard InChI is InChI=1S/C12H18N2O5/c1-2-18-7-11(15)8-19-12-4-3-10(14(16)17)5-9(12)6-13/h3-5,11,15H,2,6-8,13H2,1H3. The van der Waals surface area contributed by atoms with E-state index in [9.17, 15) is 15.2 Å². The zero-order valence-corrected chi connectivity index (χ0v) is 10.7.